The van der Waals surface area contributed by atoms with Gasteiger partial charge in [-0.05, 0) is 61.7 Å². The number of rotatable bonds is 2. The zero-order chi connectivity index (χ0) is 14.3. The van der Waals surface area contributed by atoms with Gasteiger partial charge in [0.25, 0.3) is 0 Å². The van der Waals surface area contributed by atoms with Gasteiger partial charge < -0.3 is 5.32 Å². The van der Waals surface area contributed by atoms with Crippen LogP contribution in [0.5, 0.6) is 0 Å². The van der Waals surface area contributed by atoms with Crippen LogP contribution in [0.15, 0.2) is 34.8 Å². The second-order valence-corrected chi connectivity index (χ2v) is 6.86. The van der Waals surface area contributed by atoms with Crippen molar-refractivity contribution in [2.75, 3.05) is 5.32 Å². The predicted octanol–water partition coefficient (Wildman–Crippen LogP) is 5.73. The third-order valence-corrected chi connectivity index (χ3v) is 5.43. The average molecular weight is 347 g/mol. The maximum Gasteiger partial charge on any atom is 0.188 e. The van der Waals surface area contributed by atoms with Gasteiger partial charge in [0.1, 0.15) is 0 Å². The van der Waals surface area contributed by atoms with Crippen LogP contribution in [0.1, 0.15) is 16.7 Å². The fourth-order valence-electron chi connectivity index (χ4n) is 2.23. The lowest BCUT2D eigenvalue weighted by atomic mass is 10.1. The van der Waals surface area contributed by atoms with Crippen molar-refractivity contribution in [3.63, 3.8) is 0 Å². The van der Waals surface area contributed by atoms with Gasteiger partial charge in [0.05, 0.1) is 10.2 Å². The first kappa shape index (κ1) is 13.6. The molecule has 2 nitrogen and oxygen atoms in total. The Kier molecular flexibility index (Phi) is 3.52. The van der Waals surface area contributed by atoms with Crippen LogP contribution < -0.4 is 5.32 Å². The molecular weight excluding hydrogens is 332 g/mol. The summed E-state index contributed by atoms with van der Waals surface area (Å²) in [6, 6.07) is 10.6. The molecule has 0 radical (unpaired) electrons. The number of nitrogens with zero attached hydrogens (tertiary/aromatic N) is 1. The molecule has 0 bridgehead atoms. The van der Waals surface area contributed by atoms with Crippen molar-refractivity contribution in [2.24, 2.45) is 0 Å². The molecule has 0 aliphatic carbocycles. The Hall–Kier alpha value is -1.39. The lowest BCUT2D eigenvalue weighted by molar-refractivity contribution is 1.33. The van der Waals surface area contributed by atoms with Gasteiger partial charge >= 0.3 is 0 Å². The van der Waals surface area contributed by atoms with E-state index >= 15 is 0 Å². The molecule has 0 aliphatic heterocycles. The molecule has 3 rings (SSSR count). The van der Waals surface area contributed by atoms with Crippen molar-refractivity contribution in [1.29, 1.82) is 0 Å². The maximum atomic E-state index is 4.65. The molecule has 0 saturated carbocycles. The van der Waals surface area contributed by atoms with Gasteiger partial charge in [0.2, 0.25) is 0 Å². The summed E-state index contributed by atoms with van der Waals surface area (Å²) in [7, 11) is 0. The molecule has 1 aromatic heterocycles. The highest BCUT2D eigenvalue weighted by atomic mass is 79.9. The van der Waals surface area contributed by atoms with E-state index in [1.807, 2.05) is 0 Å². The standard InChI is InChI=1S/C16H15BrN2S/c1-9-4-5-14-13(6-9)19-16(20-14)18-12-7-10(2)15(17)11(3)8-12/h4-8H,1-3H3,(H,18,19). The summed E-state index contributed by atoms with van der Waals surface area (Å²) in [5.41, 5.74) is 5.83. The van der Waals surface area contributed by atoms with E-state index in [-0.39, 0.29) is 0 Å². The molecule has 4 heteroatoms. The van der Waals surface area contributed by atoms with E-state index in [1.165, 1.54) is 25.9 Å². The second kappa shape index (κ2) is 5.19. The number of thiazole rings is 1. The van der Waals surface area contributed by atoms with Crippen LogP contribution in [0.3, 0.4) is 0 Å². The number of aryl methyl sites for hydroxylation is 3. The largest absolute Gasteiger partial charge is 0.332 e. The number of aromatic nitrogens is 1. The predicted molar refractivity (Wildman–Crippen MR) is 91.3 cm³/mol. The molecule has 3 aromatic rings. The zero-order valence-electron chi connectivity index (χ0n) is 11.6. The Bertz CT molecular complexity index is 769. The van der Waals surface area contributed by atoms with E-state index < -0.39 is 0 Å². The van der Waals surface area contributed by atoms with E-state index in [9.17, 15) is 0 Å². The van der Waals surface area contributed by atoms with Gasteiger partial charge in [-0.1, -0.05) is 33.3 Å². The summed E-state index contributed by atoms with van der Waals surface area (Å²) in [6.07, 6.45) is 0. The fraction of sp³-hybridized carbons (Fsp3) is 0.188. The molecule has 1 heterocycles. The smallest absolute Gasteiger partial charge is 0.188 e. The average Bonchev–Trinajstić information content (AvgIpc) is 2.77. The van der Waals surface area contributed by atoms with Crippen LogP contribution in [-0.2, 0) is 0 Å². The molecule has 1 N–H and O–H groups in total. The SMILES string of the molecule is Cc1ccc2sc(Nc3cc(C)c(Br)c(C)c3)nc2c1. The summed E-state index contributed by atoms with van der Waals surface area (Å²) >= 11 is 5.28. The molecule has 0 aliphatic rings. The Morgan fingerprint density at radius 2 is 1.75 bits per heavy atom. The van der Waals surface area contributed by atoms with Gasteiger partial charge in [-0.25, -0.2) is 4.98 Å². The van der Waals surface area contributed by atoms with Crippen molar-refractivity contribution in [3.8, 4) is 0 Å². The summed E-state index contributed by atoms with van der Waals surface area (Å²) in [4.78, 5) is 4.65. The van der Waals surface area contributed by atoms with Crippen LogP contribution in [0.2, 0.25) is 0 Å². The summed E-state index contributed by atoms with van der Waals surface area (Å²) in [5, 5.41) is 4.35. The lowest BCUT2D eigenvalue weighted by Crippen LogP contribution is -1.92. The minimum Gasteiger partial charge on any atom is -0.332 e. The summed E-state index contributed by atoms with van der Waals surface area (Å²) in [6.45, 7) is 6.29. The number of anilines is 2. The van der Waals surface area contributed by atoms with E-state index in [0.29, 0.717) is 0 Å². The second-order valence-electron chi connectivity index (χ2n) is 5.04. The topological polar surface area (TPSA) is 24.9 Å². The number of halogens is 1. The summed E-state index contributed by atoms with van der Waals surface area (Å²) < 4.78 is 2.38. The maximum absolute atomic E-state index is 4.65. The van der Waals surface area contributed by atoms with Gasteiger partial charge in [0.15, 0.2) is 5.13 Å². The molecule has 0 saturated heterocycles. The van der Waals surface area contributed by atoms with Crippen molar-refractivity contribution >= 4 is 48.3 Å². The molecule has 0 amide bonds. The van der Waals surface area contributed by atoms with Gasteiger partial charge in [-0.3, -0.25) is 0 Å². The first-order valence-electron chi connectivity index (χ1n) is 6.44. The fourth-order valence-corrected chi connectivity index (χ4v) is 3.33. The summed E-state index contributed by atoms with van der Waals surface area (Å²) in [5.74, 6) is 0. The monoisotopic (exact) mass is 346 g/mol. The lowest BCUT2D eigenvalue weighted by Gasteiger charge is -2.08. The van der Waals surface area contributed by atoms with Crippen molar-refractivity contribution in [1.82, 2.24) is 4.98 Å². The Morgan fingerprint density at radius 3 is 2.45 bits per heavy atom. The van der Waals surface area contributed by atoms with Gasteiger partial charge in [-0.15, -0.1) is 0 Å². The first-order chi connectivity index (χ1) is 9.52. The van der Waals surface area contributed by atoms with E-state index in [1.54, 1.807) is 11.3 Å². The number of benzene rings is 2. The quantitative estimate of drug-likeness (QED) is 0.641. The third kappa shape index (κ3) is 2.58. The minimum atomic E-state index is 0.937. The number of fused-ring (bicyclic) bond motifs is 1. The third-order valence-electron chi connectivity index (χ3n) is 3.23. The number of hydrogen-bond donors (Lipinski definition) is 1. The minimum absolute atomic E-state index is 0.937. The molecule has 0 spiro atoms. The molecule has 0 fully saturated rings. The van der Waals surface area contributed by atoms with Gasteiger partial charge in [0, 0.05) is 10.2 Å². The van der Waals surface area contributed by atoms with Crippen molar-refractivity contribution in [2.45, 2.75) is 20.8 Å². The van der Waals surface area contributed by atoms with E-state index in [4.69, 9.17) is 0 Å². The van der Waals surface area contributed by atoms with Crippen LogP contribution in [0, 0.1) is 20.8 Å². The normalized spacial score (nSPS) is 11.0. The zero-order valence-corrected chi connectivity index (χ0v) is 14.0. The van der Waals surface area contributed by atoms with Crippen LogP contribution >= 0.6 is 27.3 Å². The highest BCUT2D eigenvalue weighted by Crippen LogP contribution is 2.31. The van der Waals surface area contributed by atoms with Crippen LogP contribution in [0.25, 0.3) is 10.2 Å². The van der Waals surface area contributed by atoms with Crippen LogP contribution in [-0.4, -0.2) is 4.98 Å². The highest BCUT2D eigenvalue weighted by molar-refractivity contribution is 9.10. The first-order valence-corrected chi connectivity index (χ1v) is 8.05. The molecule has 102 valence electrons. The Balaban J connectivity index is 1.96. The van der Waals surface area contributed by atoms with Crippen LogP contribution in [0.4, 0.5) is 10.8 Å². The molecule has 2 aromatic carbocycles. The van der Waals surface area contributed by atoms with E-state index in [0.717, 1.165) is 16.3 Å². The number of nitrogens with one attached hydrogen (secondary N) is 1. The van der Waals surface area contributed by atoms with Crippen molar-refractivity contribution in [3.05, 3.63) is 51.5 Å². The molecule has 0 unspecified atom stereocenters. The number of hydrogen-bond acceptors (Lipinski definition) is 3. The molecule has 20 heavy (non-hydrogen) atoms. The molecular formula is C16H15BrN2S. The molecule has 0 atom stereocenters. The Morgan fingerprint density at radius 1 is 1.05 bits per heavy atom. The van der Waals surface area contributed by atoms with Gasteiger partial charge in [-0.2, -0.15) is 0 Å². The Labute approximate surface area is 131 Å². The van der Waals surface area contributed by atoms with Crippen molar-refractivity contribution < 1.29 is 0 Å². The highest BCUT2D eigenvalue weighted by Gasteiger charge is 2.06. The van der Waals surface area contributed by atoms with E-state index in [2.05, 4.69) is 77.3 Å².